The van der Waals surface area contributed by atoms with Crippen LogP contribution in [0.2, 0.25) is 0 Å². The molecule has 3 heteroatoms. The van der Waals surface area contributed by atoms with E-state index in [0.717, 1.165) is 18.7 Å². The van der Waals surface area contributed by atoms with Crippen LogP contribution in [-0.2, 0) is 6.54 Å². The predicted molar refractivity (Wildman–Crippen MR) is 51.8 cm³/mol. The topological polar surface area (TPSA) is 22.8 Å². The van der Waals surface area contributed by atoms with Gasteiger partial charge in [-0.25, -0.2) is 0 Å². The van der Waals surface area contributed by atoms with Crippen LogP contribution in [0.25, 0.3) is 5.69 Å². The fourth-order valence-corrected chi connectivity index (χ4v) is 1.34. The number of hydrogen-bond donors (Lipinski definition) is 0. The highest BCUT2D eigenvalue weighted by Crippen LogP contribution is 2.06. The van der Waals surface area contributed by atoms with Gasteiger partial charge in [0.2, 0.25) is 0 Å². The van der Waals surface area contributed by atoms with Crippen molar-refractivity contribution in [1.82, 2.24) is 14.3 Å². The van der Waals surface area contributed by atoms with E-state index >= 15 is 0 Å². The van der Waals surface area contributed by atoms with Gasteiger partial charge in [-0.1, -0.05) is 6.92 Å². The predicted octanol–water partition coefficient (Wildman–Crippen LogP) is 2.08. The SMILES string of the molecule is CCCn1cc(-n2cccc2)cn1. The Morgan fingerprint density at radius 3 is 2.77 bits per heavy atom. The van der Waals surface area contributed by atoms with Gasteiger partial charge < -0.3 is 4.57 Å². The van der Waals surface area contributed by atoms with Crippen LogP contribution in [0, 0.1) is 0 Å². The van der Waals surface area contributed by atoms with E-state index in [1.54, 1.807) is 0 Å². The molecule has 2 aromatic rings. The molecule has 0 saturated carbocycles. The van der Waals surface area contributed by atoms with Crippen molar-refractivity contribution in [3.8, 4) is 5.69 Å². The van der Waals surface area contributed by atoms with E-state index in [4.69, 9.17) is 0 Å². The minimum Gasteiger partial charge on any atom is -0.321 e. The van der Waals surface area contributed by atoms with Gasteiger partial charge in [-0.2, -0.15) is 5.10 Å². The molecule has 0 aliphatic rings. The molecular weight excluding hydrogens is 162 g/mol. The van der Waals surface area contributed by atoms with E-state index < -0.39 is 0 Å². The standard InChI is InChI=1S/C10H13N3/c1-2-5-13-9-10(8-11-13)12-6-3-4-7-12/h3-4,6-9H,2,5H2,1H3. The molecule has 0 amide bonds. The van der Waals surface area contributed by atoms with Gasteiger partial charge in [-0.3, -0.25) is 4.68 Å². The molecule has 3 nitrogen and oxygen atoms in total. The second-order valence-corrected chi connectivity index (χ2v) is 3.05. The molecule has 0 saturated heterocycles. The molecule has 0 aliphatic heterocycles. The van der Waals surface area contributed by atoms with Crippen molar-refractivity contribution >= 4 is 0 Å². The van der Waals surface area contributed by atoms with E-state index in [9.17, 15) is 0 Å². The highest BCUT2D eigenvalue weighted by molar-refractivity contribution is 5.26. The summed E-state index contributed by atoms with van der Waals surface area (Å²) in [6.45, 7) is 3.14. The summed E-state index contributed by atoms with van der Waals surface area (Å²) in [5, 5.41) is 4.26. The maximum Gasteiger partial charge on any atom is 0.0833 e. The van der Waals surface area contributed by atoms with E-state index in [-0.39, 0.29) is 0 Å². The zero-order valence-electron chi connectivity index (χ0n) is 7.72. The fraction of sp³-hybridized carbons (Fsp3) is 0.300. The summed E-state index contributed by atoms with van der Waals surface area (Å²) >= 11 is 0. The van der Waals surface area contributed by atoms with Crippen molar-refractivity contribution in [3.63, 3.8) is 0 Å². The third-order valence-corrected chi connectivity index (χ3v) is 1.97. The second kappa shape index (κ2) is 3.47. The van der Waals surface area contributed by atoms with Crippen molar-refractivity contribution < 1.29 is 0 Å². The molecule has 13 heavy (non-hydrogen) atoms. The maximum atomic E-state index is 4.26. The largest absolute Gasteiger partial charge is 0.321 e. The number of rotatable bonds is 3. The van der Waals surface area contributed by atoms with Gasteiger partial charge in [0.25, 0.3) is 0 Å². The lowest BCUT2D eigenvalue weighted by molar-refractivity contribution is 0.602. The van der Waals surface area contributed by atoms with Crippen molar-refractivity contribution in [2.75, 3.05) is 0 Å². The highest BCUT2D eigenvalue weighted by Gasteiger charge is 1.97. The normalized spacial score (nSPS) is 10.5. The molecule has 0 N–H and O–H groups in total. The average Bonchev–Trinajstić information content (AvgIpc) is 2.70. The van der Waals surface area contributed by atoms with Gasteiger partial charge >= 0.3 is 0 Å². The number of aryl methyl sites for hydroxylation is 1. The number of aromatic nitrogens is 3. The summed E-state index contributed by atoms with van der Waals surface area (Å²) in [7, 11) is 0. The zero-order valence-corrected chi connectivity index (χ0v) is 7.72. The Morgan fingerprint density at radius 2 is 2.08 bits per heavy atom. The van der Waals surface area contributed by atoms with Gasteiger partial charge in [0, 0.05) is 25.1 Å². The zero-order chi connectivity index (χ0) is 9.10. The van der Waals surface area contributed by atoms with Crippen LogP contribution >= 0.6 is 0 Å². The quantitative estimate of drug-likeness (QED) is 0.700. The average molecular weight is 175 g/mol. The van der Waals surface area contributed by atoms with Gasteiger partial charge in [0.15, 0.2) is 0 Å². The first-order valence-electron chi connectivity index (χ1n) is 4.56. The molecule has 0 unspecified atom stereocenters. The molecule has 0 bridgehead atoms. The van der Waals surface area contributed by atoms with Crippen LogP contribution in [0.3, 0.4) is 0 Å². The molecule has 68 valence electrons. The third-order valence-electron chi connectivity index (χ3n) is 1.97. The van der Waals surface area contributed by atoms with Crippen LogP contribution in [0.5, 0.6) is 0 Å². The van der Waals surface area contributed by atoms with Gasteiger partial charge in [-0.15, -0.1) is 0 Å². The first-order chi connectivity index (χ1) is 6.40. The molecule has 0 spiro atoms. The summed E-state index contributed by atoms with van der Waals surface area (Å²) < 4.78 is 4.02. The van der Waals surface area contributed by atoms with E-state index in [0.29, 0.717) is 0 Å². The van der Waals surface area contributed by atoms with Crippen LogP contribution in [0.15, 0.2) is 36.9 Å². The van der Waals surface area contributed by atoms with Crippen LogP contribution in [-0.4, -0.2) is 14.3 Å². The molecule has 2 heterocycles. The van der Waals surface area contributed by atoms with E-state index in [2.05, 4.69) is 22.8 Å². The highest BCUT2D eigenvalue weighted by atomic mass is 15.3. The van der Waals surface area contributed by atoms with Gasteiger partial charge in [0.1, 0.15) is 0 Å². The molecule has 2 aromatic heterocycles. The number of nitrogens with zero attached hydrogens (tertiary/aromatic N) is 3. The fourth-order valence-electron chi connectivity index (χ4n) is 1.34. The lowest BCUT2D eigenvalue weighted by Crippen LogP contribution is -1.95. The third kappa shape index (κ3) is 1.64. The Kier molecular flexibility index (Phi) is 2.17. The van der Waals surface area contributed by atoms with Crippen molar-refractivity contribution in [3.05, 3.63) is 36.9 Å². The van der Waals surface area contributed by atoms with Crippen molar-refractivity contribution in [2.45, 2.75) is 19.9 Å². The molecule has 2 rings (SSSR count). The minimum atomic E-state index is 0.987. The molecule has 0 atom stereocenters. The monoisotopic (exact) mass is 175 g/mol. The molecular formula is C10H13N3. The summed E-state index contributed by atoms with van der Waals surface area (Å²) in [6.07, 6.45) is 9.10. The summed E-state index contributed by atoms with van der Waals surface area (Å²) in [5.74, 6) is 0. The Bertz CT molecular complexity index is 359. The van der Waals surface area contributed by atoms with E-state index in [1.807, 2.05) is 35.4 Å². The van der Waals surface area contributed by atoms with Gasteiger partial charge in [-0.05, 0) is 18.6 Å². The lowest BCUT2D eigenvalue weighted by Gasteiger charge is -1.96. The van der Waals surface area contributed by atoms with E-state index in [1.165, 1.54) is 0 Å². The summed E-state index contributed by atoms with van der Waals surface area (Å²) in [4.78, 5) is 0. The lowest BCUT2D eigenvalue weighted by atomic mass is 10.5. The molecule has 0 aliphatic carbocycles. The second-order valence-electron chi connectivity index (χ2n) is 3.05. The number of hydrogen-bond acceptors (Lipinski definition) is 1. The Hall–Kier alpha value is -1.51. The van der Waals surface area contributed by atoms with Crippen LogP contribution in [0.1, 0.15) is 13.3 Å². The molecule has 0 fully saturated rings. The minimum absolute atomic E-state index is 0.987. The first-order valence-corrected chi connectivity index (χ1v) is 4.56. The molecule has 0 aromatic carbocycles. The van der Waals surface area contributed by atoms with Crippen LogP contribution < -0.4 is 0 Å². The van der Waals surface area contributed by atoms with Crippen LogP contribution in [0.4, 0.5) is 0 Å². The summed E-state index contributed by atoms with van der Waals surface area (Å²) in [5.41, 5.74) is 1.12. The van der Waals surface area contributed by atoms with Crippen molar-refractivity contribution in [2.24, 2.45) is 0 Å². The van der Waals surface area contributed by atoms with Gasteiger partial charge in [0.05, 0.1) is 11.9 Å². The Balaban J connectivity index is 2.23. The maximum absolute atomic E-state index is 4.26. The smallest absolute Gasteiger partial charge is 0.0833 e. The Morgan fingerprint density at radius 1 is 1.31 bits per heavy atom. The summed E-state index contributed by atoms with van der Waals surface area (Å²) in [6, 6.07) is 4.02. The first kappa shape index (κ1) is 8.10. The molecule has 0 radical (unpaired) electrons. The Labute approximate surface area is 77.6 Å². The van der Waals surface area contributed by atoms with Crippen molar-refractivity contribution in [1.29, 1.82) is 0 Å².